The summed E-state index contributed by atoms with van der Waals surface area (Å²) < 4.78 is 0. The van der Waals surface area contributed by atoms with Crippen LogP contribution in [0.4, 0.5) is 0 Å². The zero-order valence-electron chi connectivity index (χ0n) is 11.3. The van der Waals surface area contributed by atoms with Crippen molar-refractivity contribution in [1.29, 1.82) is 0 Å². The van der Waals surface area contributed by atoms with Crippen LogP contribution in [0.2, 0.25) is 0 Å². The van der Waals surface area contributed by atoms with E-state index in [9.17, 15) is 4.79 Å². The van der Waals surface area contributed by atoms with Gasteiger partial charge in [0.2, 0.25) is 5.91 Å². The molecule has 92 valence electrons. The lowest BCUT2D eigenvalue weighted by Crippen LogP contribution is -2.28. The number of rotatable bonds is 2. The van der Waals surface area contributed by atoms with Crippen molar-refractivity contribution >= 4 is 5.91 Å². The van der Waals surface area contributed by atoms with Gasteiger partial charge in [-0.25, -0.2) is 0 Å². The summed E-state index contributed by atoms with van der Waals surface area (Å²) in [5.74, 6) is 0.753. The van der Waals surface area contributed by atoms with Crippen LogP contribution in [0.25, 0.3) is 0 Å². The van der Waals surface area contributed by atoms with Crippen molar-refractivity contribution in [3.8, 4) is 0 Å². The van der Waals surface area contributed by atoms with Crippen molar-refractivity contribution < 1.29 is 4.79 Å². The lowest BCUT2D eigenvalue weighted by Gasteiger charge is -2.09. The average molecular weight is 216 g/mol. The molecule has 0 saturated carbocycles. The second-order valence-electron chi connectivity index (χ2n) is 3.35. The third-order valence-electron chi connectivity index (χ3n) is 2.13. The van der Waals surface area contributed by atoms with Crippen LogP contribution < -0.4 is 5.32 Å². The molecule has 0 aromatic rings. The number of hydrogen-bond acceptors (Lipinski definition) is 2. The Morgan fingerprint density at radius 3 is 2.20 bits per heavy atom. The van der Waals surface area contributed by atoms with Crippen LogP contribution in [0.3, 0.4) is 0 Å². The van der Waals surface area contributed by atoms with Crippen molar-refractivity contribution in [2.45, 2.75) is 41.0 Å². The summed E-state index contributed by atoms with van der Waals surface area (Å²) in [5.41, 5.74) is 0. The van der Waals surface area contributed by atoms with E-state index in [1.807, 2.05) is 27.7 Å². The Bertz CT molecular complexity index is 149. The van der Waals surface area contributed by atoms with Gasteiger partial charge >= 0.3 is 0 Å². The lowest BCUT2D eigenvalue weighted by molar-refractivity contribution is -0.119. The molecule has 1 amide bonds. The van der Waals surface area contributed by atoms with E-state index in [2.05, 4.69) is 17.3 Å². The van der Waals surface area contributed by atoms with Crippen LogP contribution >= 0.6 is 0 Å². The summed E-state index contributed by atoms with van der Waals surface area (Å²) >= 11 is 0. The molecule has 0 spiro atoms. The van der Waals surface area contributed by atoms with E-state index in [0.717, 1.165) is 13.1 Å². The molecule has 1 N–H and O–H groups in total. The highest BCUT2D eigenvalue weighted by molar-refractivity contribution is 5.72. The summed E-state index contributed by atoms with van der Waals surface area (Å²) in [7, 11) is 2.12. The van der Waals surface area contributed by atoms with Crippen molar-refractivity contribution in [2.24, 2.45) is 5.92 Å². The third kappa shape index (κ3) is 9.73. The Morgan fingerprint density at radius 2 is 1.87 bits per heavy atom. The average Bonchev–Trinajstić information content (AvgIpc) is 2.67. The molecule has 1 heterocycles. The maximum atomic E-state index is 10.6. The molecular weight excluding hydrogens is 188 g/mol. The first-order chi connectivity index (χ1) is 7.18. The Balaban J connectivity index is 0. The molecule has 0 aliphatic carbocycles. The number of nitrogens with zero attached hydrogens (tertiary/aromatic N) is 1. The Hall–Kier alpha value is -0.570. The Morgan fingerprint density at radius 1 is 1.33 bits per heavy atom. The van der Waals surface area contributed by atoms with Gasteiger partial charge in [-0.2, -0.15) is 0 Å². The number of carbonyl (C=O) groups excluding carboxylic acids is 1. The van der Waals surface area contributed by atoms with Gasteiger partial charge in [0, 0.05) is 20.0 Å². The van der Waals surface area contributed by atoms with Gasteiger partial charge < -0.3 is 10.2 Å². The third-order valence-corrected chi connectivity index (χ3v) is 2.13. The molecular formula is C12H28N2O. The van der Waals surface area contributed by atoms with E-state index in [0.29, 0.717) is 5.92 Å². The van der Waals surface area contributed by atoms with E-state index < -0.39 is 0 Å². The molecule has 1 unspecified atom stereocenters. The van der Waals surface area contributed by atoms with Gasteiger partial charge in [0.25, 0.3) is 0 Å². The van der Waals surface area contributed by atoms with E-state index in [1.54, 1.807) is 6.92 Å². The van der Waals surface area contributed by atoms with E-state index in [4.69, 9.17) is 0 Å². The van der Waals surface area contributed by atoms with Crippen LogP contribution in [0.15, 0.2) is 0 Å². The van der Waals surface area contributed by atoms with Gasteiger partial charge in [0.1, 0.15) is 0 Å². The standard InChI is InChI=1S/C8H16N2O.2C2H6/c1-7(11)9-5-8-3-4-10(2)6-8;2*1-2/h8H,3-6H2,1-2H3,(H,9,11);2*1-2H3. The highest BCUT2D eigenvalue weighted by atomic mass is 16.1. The highest BCUT2D eigenvalue weighted by Crippen LogP contribution is 2.12. The summed E-state index contributed by atoms with van der Waals surface area (Å²) in [6.07, 6.45) is 1.22. The molecule has 1 aliphatic rings. The van der Waals surface area contributed by atoms with Crippen molar-refractivity contribution in [3.05, 3.63) is 0 Å². The van der Waals surface area contributed by atoms with E-state index >= 15 is 0 Å². The summed E-state index contributed by atoms with van der Waals surface area (Å²) in [4.78, 5) is 12.9. The normalized spacial score (nSPS) is 19.5. The first-order valence-electron chi connectivity index (χ1n) is 6.11. The zero-order valence-corrected chi connectivity index (χ0v) is 11.3. The number of hydrogen-bond donors (Lipinski definition) is 1. The lowest BCUT2D eigenvalue weighted by atomic mass is 10.1. The van der Waals surface area contributed by atoms with Gasteiger partial charge in [-0.15, -0.1) is 0 Å². The molecule has 15 heavy (non-hydrogen) atoms. The van der Waals surface area contributed by atoms with Crippen molar-refractivity contribution in [3.63, 3.8) is 0 Å². The molecule has 1 atom stereocenters. The first-order valence-corrected chi connectivity index (χ1v) is 6.11. The number of likely N-dealkylation sites (tertiary alicyclic amines) is 1. The quantitative estimate of drug-likeness (QED) is 0.767. The zero-order chi connectivity index (χ0) is 12.3. The van der Waals surface area contributed by atoms with Crippen molar-refractivity contribution in [1.82, 2.24) is 10.2 Å². The second-order valence-corrected chi connectivity index (χ2v) is 3.35. The van der Waals surface area contributed by atoms with Crippen LogP contribution in [-0.4, -0.2) is 37.5 Å². The molecule has 0 aromatic carbocycles. The molecule has 1 fully saturated rings. The minimum absolute atomic E-state index is 0.0829. The number of amides is 1. The number of nitrogens with one attached hydrogen (secondary N) is 1. The molecule has 1 aliphatic heterocycles. The minimum Gasteiger partial charge on any atom is -0.356 e. The molecule has 0 bridgehead atoms. The fourth-order valence-electron chi connectivity index (χ4n) is 1.48. The molecule has 0 aromatic heterocycles. The van der Waals surface area contributed by atoms with Gasteiger partial charge in [-0.3, -0.25) is 4.79 Å². The minimum atomic E-state index is 0.0829. The van der Waals surface area contributed by atoms with Crippen molar-refractivity contribution in [2.75, 3.05) is 26.7 Å². The largest absolute Gasteiger partial charge is 0.356 e. The fourth-order valence-corrected chi connectivity index (χ4v) is 1.48. The topological polar surface area (TPSA) is 32.3 Å². The smallest absolute Gasteiger partial charge is 0.216 e. The maximum Gasteiger partial charge on any atom is 0.216 e. The first kappa shape index (κ1) is 16.8. The van der Waals surface area contributed by atoms with Gasteiger partial charge in [0.05, 0.1) is 0 Å². The van der Waals surface area contributed by atoms with E-state index in [1.165, 1.54) is 13.0 Å². The van der Waals surface area contributed by atoms with Gasteiger partial charge in [-0.1, -0.05) is 27.7 Å². The second kappa shape index (κ2) is 11.5. The molecule has 1 rings (SSSR count). The monoisotopic (exact) mass is 216 g/mol. The number of carbonyl (C=O) groups is 1. The Labute approximate surface area is 95.2 Å². The fraction of sp³-hybridized carbons (Fsp3) is 0.917. The van der Waals surface area contributed by atoms with Crippen LogP contribution in [0.1, 0.15) is 41.0 Å². The molecule has 3 heteroatoms. The maximum absolute atomic E-state index is 10.6. The van der Waals surface area contributed by atoms with Crippen LogP contribution in [-0.2, 0) is 4.79 Å². The summed E-state index contributed by atoms with van der Waals surface area (Å²) in [6.45, 7) is 12.7. The van der Waals surface area contributed by atoms with Crippen LogP contribution in [0.5, 0.6) is 0 Å². The summed E-state index contributed by atoms with van der Waals surface area (Å²) in [6, 6.07) is 0. The Kier molecular flexibility index (Phi) is 12.9. The highest BCUT2D eigenvalue weighted by Gasteiger charge is 2.18. The van der Waals surface area contributed by atoms with E-state index in [-0.39, 0.29) is 5.91 Å². The molecule has 1 saturated heterocycles. The predicted octanol–water partition coefficient (Wildman–Crippen LogP) is 2.13. The van der Waals surface area contributed by atoms with Crippen LogP contribution in [0, 0.1) is 5.92 Å². The molecule has 3 nitrogen and oxygen atoms in total. The summed E-state index contributed by atoms with van der Waals surface area (Å²) in [5, 5.41) is 2.84. The SMILES string of the molecule is CC.CC.CC(=O)NCC1CCN(C)C1. The van der Waals surface area contributed by atoms with Gasteiger partial charge in [-0.05, 0) is 25.9 Å². The van der Waals surface area contributed by atoms with Gasteiger partial charge in [0.15, 0.2) is 0 Å². The predicted molar refractivity (Wildman–Crippen MR) is 67.0 cm³/mol. The molecule has 0 radical (unpaired) electrons.